The van der Waals surface area contributed by atoms with Crippen molar-refractivity contribution in [1.82, 2.24) is 10.3 Å². The molecule has 0 saturated carbocycles. The normalized spacial score (nSPS) is 18.7. The van der Waals surface area contributed by atoms with E-state index in [1.54, 1.807) is 4.90 Å². The summed E-state index contributed by atoms with van der Waals surface area (Å²) in [5, 5.41) is 13.4. The number of nitro groups is 1. The lowest BCUT2D eigenvalue weighted by atomic mass is 10.2. The summed E-state index contributed by atoms with van der Waals surface area (Å²) in [5.41, 5.74) is -0.165. The number of nitrogens with zero attached hydrogens (tertiary/aromatic N) is 3. The van der Waals surface area contributed by atoms with E-state index in [1.165, 1.54) is 19.2 Å². The van der Waals surface area contributed by atoms with Gasteiger partial charge in [-0.1, -0.05) is 11.6 Å². The van der Waals surface area contributed by atoms with Crippen LogP contribution in [-0.2, 0) is 9.53 Å². The number of likely N-dealkylation sites (N-methyl/N-ethyl adjacent to an activating group) is 1. The van der Waals surface area contributed by atoms with Gasteiger partial charge in [-0.25, -0.2) is 4.98 Å². The quantitative estimate of drug-likeness (QED) is 0.498. The number of hydrogen-bond acceptors (Lipinski definition) is 6. The summed E-state index contributed by atoms with van der Waals surface area (Å²) in [5.74, 6) is 0.0511. The molecule has 20 heavy (non-hydrogen) atoms. The van der Waals surface area contributed by atoms with Crippen LogP contribution in [-0.4, -0.2) is 48.7 Å². The van der Waals surface area contributed by atoms with Crippen molar-refractivity contribution in [2.24, 2.45) is 0 Å². The second kappa shape index (κ2) is 6.02. The molecule has 0 spiro atoms. The summed E-state index contributed by atoms with van der Waals surface area (Å²) in [6.45, 7) is 1.01. The molecule has 108 valence electrons. The number of halogens is 1. The van der Waals surface area contributed by atoms with Gasteiger partial charge in [-0.2, -0.15) is 0 Å². The Hall–Kier alpha value is -1.93. The van der Waals surface area contributed by atoms with Crippen molar-refractivity contribution in [3.8, 4) is 0 Å². The molecule has 8 nitrogen and oxygen atoms in total. The minimum absolute atomic E-state index is 0.0105. The second-order valence-corrected chi connectivity index (χ2v) is 4.55. The van der Waals surface area contributed by atoms with Gasteiger partial charge in [0.05, 0.1) is 30.3 Å². The molecule has 1 unspecified atom stereocenters. The van der Waals surface area contributed by atoms with E-state index >= 15 is 0 Å². The lowest BCUT2D eigenvalue weighted by Gasteiger charge is -2.35. The summed E-state index contributed by atoms with van der Waals surface area (Å²) in [7, 11) is 1.52. The molecule has 0 aliphatic carbocycles. The number of amides is 1. The van der Waals surface area contributed by atoms with E-state index in [0.29, 0.717) is 19.0 Å². The minimum atomic E-state index is -0.584. The number of anilines is 1. The van der Waals surface area contributed by atoms with Crippen LogP contribution in [0.3, 0.4) is 0 Å². The first kappa shape index (κ1) is 14.5. The Balaban J connectivity index is 2.37. The molecule has 1 fully saturated rings. The fraction of sp³-hybridized carbons (Fsp3) is 0.455. The molecule has 0 aromatic carbocycles. The fourth-order valence-electron chi connectivity index (χ4n) is 1.98. The average molecular weight is 301 g/mol. The largest absolute Gasteiger partial charge is 0.377 e. The molecule has 9 heteroatoms. The van der Waals surface area contributed by atoms with Gasteiger partial charge in [0, 0.05) is 13.6 Å². The summed E-state index contributed by atoms with van der Waals surface area (Å²) < 4.78 is 5.27. The van der Waals surface area contributed by atoms with E-state index in [4.69, 9.17) is 16.3 Å². The number of ether oxygens (including phenoxy) is 1. The number of carbonyl (C=O) groups is 1. The van der Waals surface area contributed by atoms with Crippen molar-refractivity contribution in [1.29, 1.82) is 0 Å². The Morgan fingerprint density at radius 2 is 2.40 bits per heavy atom. The zero-order valence-corrected chi connectivity index (χ0v) is 11.5. The van der Waals surface area contributed by atoms with Crippen LogP contribution in [0.15, 0.2) is 12.1 Å². The van der Waals surface area contributed by atoms with E-state index in [0.717, 1.165) is 0 Å². The summed E-state index contributed by atoms with van der Waals surface area (Å²) >= 11 is 5.80. The molecule has 1 atom stereocenters. The predicted octanol–water partition coefficient (Wildman–Crippen LogP) is 0.594. The highest BCUT2D eigenvalue weighted by Crippen LogP contribution is 2.25. The standard InChI is InChI=1S/C11H13ClN4O4/c1-13-11(17)8-6-20-3-2-15(8)10-5-7(16(18)19)4-9(12)14-10/h4-5,8H,2-3,6H2,1H3,(H,13,17). The number of carbonyl (C=O) groups excluding carboxylic acids is 1. The van der Waals surface area contributed by atoms with Gasteiger partial charge in [0.25, 0.3) is 5.69 Å². The Morgan fingerprint density at radius 1 is 1.65 bits per heavy atom. The highest BCUT2D eigenvalue weighted by atomic mass is 35.5. The summed E-state index contributed by atoms with van der Waals surface area (Å²) in [6.07, 6.45) is 0. The van der Waals surface area contributed by atoms with Crippen molar-refractivity contribution in [2.75, 3.05) is 31.7 Å². The van der Waals surface area contributed by atoms with Crippen molar-refractivity contribution < 1.29 is 14.5 Å². The molecule has 1 aromatic heterocycles. The Morgan fingerprint density at radius 3 is 3.05 bits per heavy atom. The van der Waals surface area contributed by atoms with E-state index < -0.39 is 11.0 Å². The smallest absolute Gasteiger partial charge is 0.276 e. The molecule has 0 bridgehead atoms. The molecule has 1 saturated heterocycles. The van der Waals surface area contributed by atoms with E-state index in [9.17, 15) is 14.9 Å². The molecule has 1 aliphatic heterocycles. The molecule has 2 rings (SSSR count). The third-order valence-corrected chi connectivity index (χ3v) is 3.14. The highest BCUT2D eigenvalue weighted by Gasteiger charge is 2.30. The Kier molecular flexibility index (Phi) is 4.35. The fourth-order valence-corrected chi connectivity index (χ4v) is 2.18. The molecule has 1 aliphatic rings. The molecule has 2 heterocycles. The first-order valence-electron chi connectivity index (χ1n) is 5.91. The first-order valence-corrected chi connectivity index (χ1v) is 6.28. The number of aromatic nitrogens is 1. The minimum Gasteiger partial charge on any atom is -0.377 e. The third kappa shape index (κ3) is 2.97. The van der Waals surface area contributed by atoms with Crippen LogP contribution in [0.5, 0.6) is 0 Å². The number of rotatable bonds is 3. The van der Waals surface area contributed by atoms with Gasteiger partial charge in [0.15, 0.2) is 0 Å². The number of pyridine rings is 1. The Labute approximate surface area is 119 Å². The third-order valence-electron chi connectivity index (χ3n) is 2.95. The van der Waals surface area contributed by atoms with Crippen molar-refractivity contribution in [3.63, 3.8) is 0 Å². The molecule has 1 aromatic rings. The lowest BCUT2D eigenvalue weighted by Crippen LogP contribution is -2.53. The van der Waals surface area contributed by atoms with Gasteiger partial charge < -0.3 is 15.0 Å². The molecule has 1 N–H and O–H groups in total. The maximum absolute atomic E-state index is 11.8. The maximum atomic E-state index is 11.8. The zero-order chi connectivity index (χ0) is 14.7. The van der Waals surface area contributed by atoms with Crippen molar-refractivity contribution in [3.05, 3.63) is 27.4 Å². The van der Waals surface area contributed by atoms with E-state index in [2.05, 4.69) is 10.3 Å². The van der Waals surface area contributed by atoms with Crippen LogP contribution in [0.2, 0.25) is 5.15 Å². The van der Waals surface area contributed by atoms with Crippen LogP contribution < -0.4 is 10.2 Å². The lowest BCUT2D eigenvalue weighted by molar-refractivity contribution is -0.384. The summed E-state index contributed by atoms with van der Waals surface area (Å²) in [6, 6.07) is 1.88. The van der Waals surface area contributed by atoms with Crippen LogP contribution in [0.1, 0.15) is 0 Å². The molecular weight excluding hydrogens is 288 g/mol. The van der Waals surface area contributed by atoms with Gasteiger partial charge in [0.1, 0.15) is 17.0 Å². The predicted molar refractivity (Wildman–Crippen MR) is 71.9 cm³/mol. The van der Waals surface area contributed by atoms with Gasteiger partial charge in [-0.05, 0) is 0 Å². The zero-order valence-electron chi connectivity index (χ0n) is 10.7. The van der Waals surface area contributed by atoms with Crippen molar-refractivity contribution in [2.45, 2.75) is 6.04 Å². The van der Waals surface area contributed by atoms with Gasteiger partial charge in [-0.15, -0.1) is 0 Å². The van der Waals surface area contributed by atoms with Crippen molar-refractivity contribution >= 4 is 29.0 Å². The molecular formula is C11H13ClN4O4. The van der Waals surface area contributed by atoms with E-state index in [-0.39, 0.29) is 23.4 Å². The van der Waals surface area contributed by atoms with Crippen LogP contribution in [0, 0.1) is 10.1 Å². The summed E-state index contributed by atoms with van der Waals surface area (Å²) in [4.78, 5) is 27.8. The number of hydrogen-bond donors (Lipinski definition) is 1. The topological polar surface area (TPSA) is 97.6 Å². The van der Waals surface area contributed by atoms with Crippen LogP contribution in [0.25, 0.3) is 0 Å². The number of morpholine rings is 1. The maximum Gasteiger partial charge on any atom is 0.276 e. The average Bonchev–Trinajstić information content (AvgIpc) is 2.45. The first-order chi connectivity index (χ1) is 9.52. The second-order valence-electron chi connectivity index (χ2n) is 4.16. The Bertz CT molecular complexity index is 539. The molecule has 0 radical (unpaired) electrons. The number of nitrogens with one attached hydrogen (secondary N) is 1. The highest BCUT2D eigenvalue weighted by molar-refractivity contribution is 6.29. The SMILES string of the molecule is CNC(=O)C1COCCN1c1cc([N+](=O)[O-])cc(Cl)n1. The van der Waals surface area contributed by atoms with Gasteiger partial charge in [0.2, 0.25) is 5.91 Å². The van der Waals surface area contributed by atoms with Gasteiger partial charge in [-0.3, -0.25) is 14.9 Å². The monoisotopic (exact) mass is 300 g/mol. The van der Waals surface area contributed by atoms with Gasteiger partial charge >= 0.3 is 0 Å². The van der Waals surface area contributed by atoms with Crippen LogP contribution in [0.4, 0.5) is 11.5 Å². The van der Waals surface area contributed by atoms with Crippen LogP contribution >= 0.6 is 11.6 Å². The molecule has 1 amide bonds. The van der Waals surface area contributed by atoms with E-state index in [1.807, 2.05) is 0 Å².